The molecule has 3 N–H and O–H groups in total. The SMILES string of the molecule is CC1OP(=O)(O)OC1(C)C.CCC(C)OP(=O)(O)O. The molecule has 10 heteroatoms. The summed E-state index contributed by atoms with van der Waals surface area (Å²) >= 11 is 0. The van der Waals surface area contributed by atoms with Crippen LogP contribution in [-0.2, 0) is 22.7 Å². The van der Waals surface area contributed by atoms with E-state index in [-0.39, 0.29) is 12.2 Å². The van der Waals surface area contributed by atoms with Gasteiger partial charge >= 0.3 is 15.6 Å². The van der Waals surface area contributed by atoms with E-state index in [4.69, 9.17) is 19.2 Å². The van der Waals surface area contributed by atoms with E-state index in [9.17, 15) is 9.13 Å². The van der Waals surface area contributed by atoms with Crippen LogP contribution < -0.4 is 0 Å². The Labute approximate surface area is 112 Å². The molecule has 3 unspecified atom stereocenters. The van der Waals surface area contributed by atoms with Crippen molar-refractivity contribution < 1.29 is 37.4 Å². The topological polar surface area (TPSA) is 123 Å². The van der Waals surface area contributed by atoms with Crippen molar-refractivity contribution in [2.24, 2.45) is 0 Å². The first-order chi connectivity index (χ1) is 8.29. The van der Waals surface area contributed by atoms with Crippen molar-refractivity contribution in [3.63, 3.8) is 0 Å². The molecule has 0 aliphatic carbocycles. The van der Waals surface area contributed by atoms with Gasteiger partial charge in [-0.1, -0.05) is 6.92 Å². The predicted octanol–water partition coefficient (Wildman–Crippen LogP) is 2.19. The van der Waals surface area contributed by atoms with Crippen LogP contribution in [0.1, 0.15) is 41.0 Å². The standard InChI is InChI=1S/C5H11O4P.C4H11O4P/c1-4-5(2,3)9-10(6,7)8-4;1-3-4(2)8-9(5,6)7/h4H,1-3H3,(H,6,7);4H,3H2,1-2H3,(H2,5,6,7). The molecule has 0 aromatic rings. The summed E-state index contributed by atoms with van der Waals surface area (Å²) in [5.41, 5.74) is -0.649. The van der Waals surface area contributed by atoms with Gasteiger partial charge < -0.3 is 14.7 Å². The summed E-state index contributed by atoms with van der Waals surface area (Å²) in [4.78, 5) is 25.2. The summed E-state index contributed by atoms with van der Waals surface area (Å²) in [5.74, 6) is 0. The molecule has 1 aliphatic heterocycles. The van der Waals surface area contributed by atoms with Crippen molar-refractivity contribution >= 4 is 15.6 Å². The number of hydrogen-bond donors (Lipinski definition) is 3. The van der Waals surface area contributed by atoms with Crippen LogP contribution in [0.25, 0.3) is 0 Å². The molecule has 0 radical (unpaired) electrons. The molecular weight excluding hydrogens is 298 g/mol. The maximum absolute atomic E-state index is 10.8. The van der Waals surface area contributed by atoms with Crippen LogP contribution in [-0.4, -0.2) is 32.5 Å². The Bertz CT molecular complexity index is 376. The van der Waals surface area contributed by atoms with Crippen molar-refractivity contribution in [3.05, 3.63) is 0 Å². The lowest BCUT2D eigenvalue weighted by atomic mass is 10.0. The average Bonchev–Trinajstić information content (AvgIpc) is 2.31. The highest BCUT2D eigenvalue weighted by molar-refractivity contribution is 7.47. The van der Waals surface area contributed by atoms with Gasteiger partial charge in [0.2, 0.25) is 0 Å². The van der Waals surface area contributed by atoms with Crippen LogP contribution in [0.2, 0.25) is 0 Å². The highest BCUT2D eigenvalue weighted by Gasteiger charge is 2.46. The normalized spacial score (nSPS) is 31.5. The third kappa shape index (κ3) is 8.17. The zero-order valence-electron chi connectivity index (χ0n) is 11.6. The minimum Gasteiger partial charge on any atom is -0.303 e. The Kier molecular flexibility index (Phi) is 6.86. The zero-order valence-corrected chi connectivity index (χ0v) is 13.4. The Morgan fingerprint density at radius 2 is 1.95 bits per heavy atom. The van der Waals surface area contributed by atoms with Gasteiger partial charge in [0, 0.05) is 0 Å². The fourth-order valence-electron chi connectivity index (χ4n) is 1.03. The van der Waals surface area contributed by atoms with Crippen molar-refractivity contribution in [3.8, 4) is 0 Å². The quantitative estimate of drug-likeness (QED) is 0.676. The number of hydrogen-bond acceptors (Lipinski definition) is 5. The monoisotopic (exact) mass is 320 g/mol. The fourth-order valence-corrected chi connectivity index (χ4v) is 3.09. The van der Waals surface area contributed by atoms with Crippen molar-refractivity contribution in [2.75, 3.05) is 0 Å². The van der Waals surface area contributed by atoms with Gasteiger partial charge in [-0.05, 0) is 34.1 Å². The number of rotatable bonds is 3. The summed E-state index contributed by atoms with van der Waals surface area (Å²) in [6.45, 7) is 8.54. The maximum atomic E-state index is 10.8. The van der Waals surface area contributed by atoms with E-state index in [1.165, 1.54) is 0 Å². The molecule has 0 aromatic carbocycles. The molecular formula is C9H22O8P2. The van der Waals surface area contributed by atoms with Gasteiger partial charge in [0.15, 0.2) is 0 Å². The first-order valence-electron chi connectivity index (χ1n) is 5.75. The summed E-state index contributed by atoms with van der Waals surface area (Å²) in [7, 11) is -7.96. The minimum absolute atomic E-state index is 0.330. The molecule has 0 bridgehead atoms. The summed E-state index contributed by atoms with van der Waals surface area (Å²) < 4.78 is 34.5. The molecule has 116 valence electrons. The van der Waals surface area contributed by atoms with Gasteiger partial charge in [-0.15, -0.1) is 0 Å². The van der Waals surface area contributed by atoms with Crippen molar-refractivity contribution in [2.45, 2.75) is 58.8 Å². The molecule has 1 fully saturated rings. The lowest BCUT2D eigenvalue weighted by Gasteiger charge is -2.17. The zero-order chi connectivity index (χ0) is 15.5. The number of phosphoric ester groups is 2. The smallest absolute Gasteiger partial charge is 0.303 e. The molecule has 1 saturated heterocycles. The van der Waals surface area contributed by atoms with Crippen molar-refractivity contribution in [1.29, 1.82) is 0 Å². The Morgan fingerprint density at radius 3 is 2.05 bits per heavy atom. The molecule has 8 nitrogen and oxygen atoms in total. The second-order valence-corrected chi connectivity index (χ2v) is 7.25. The van der Waals surface area contributed by atoms with E-state index in [0.717, 1.165) is 0 Å². The highest BCUT2D eigenvalue weighted by Crippen LogP contribution is 2.56. The van der Waals surface area contributed by atoms with E-state index >= 15 is 0 Å². The molecule has 3 atom stereocenters. The summed E-state index contributed by atoms with van der Waals surface area (Å²) in [6, 6.07) is 0. The largest absolute Gasteiger partial charge is 0.473 e. The number of phosphoric acid groups is 2. The minimum atomic E-state index is -4.24. The van der Waals surface area contributed by atoms with Gasteiger partial charge in [0.25, 0.3) is 0 Å². The van der Waals surface area contributed by atoms with E-state index in [1.54, 1.807) is 34.6 Å². The fraction of sp³-hybridized carbons (Fsp3) is 1.00. The van der Waals surface area contributed by atoms with Gasteiger partial charge in [-0.2, -0.15) is 0 Å². The molecule has 1 aliphatic rings. The second kappa shape index (κ2) is 6.78. The molecule has 1 heterocycles. The van der Waals surface area contributed by atoms with Crippen LogP contribution in [0.3, 0.4) is 0 Å². The van der Waals surface area contributed by atoms with E-state index < -0.39 is 21.2 Å². The second-order valence-electron chi connectivity index (χ2n) is 4.73. The lowest BCUT2D eigenvalue weighted by molar-refractivity contribution is 0.0828. The molecule has 1 rings (SSSR count). The molecule has 19 heavy (non-hydrogen) atoms. The van der Waals surface area contributed by atoms with E-state index in [1.807, 2.05) is 0 Å². The average molecular weight is 320 g/mol. The van der Waals surface area contributed by atoms with Gasteiger partial charge in [0.1, 0.15) is 5.60 Å². The molecule has 0 saturated carbocycles. The first kappa shape index (κ1) is 19.2. The van der Waals surface area contributed by atoms with Gasteiger partial charge in [0.05, 0.1) is 12.2 Å². The third-order valence-electron chi connectivity index (χ3n) is 2.51. The Hall–Kier alpha value is 0.220. The van der Waals surface area contributed by atoms with Crippen LogP contribution in [0.5, 0.6) is 0 Å². The van der Waals surface area contributed by atoms with Crippen LogP contribution in [0.15, 0.2) is 0 Å². The van der Waals surface area contributed by atoms with Crippen LogP contribution in [0, 0.1) is 0 Å². The Balaban J connectivity index is 0.000000344. The van der Waals surface area contributed by atoms with E-state index in [0.29, 0.717) is 6.42 Å². The Morgan fingerprint density at radius 1 is 1.47 bits per heavy atom. The first-order valence-corrected chi connectivity index (χ1v) is 8.77. The highest BCUT2D eigenvalue weighted by atomic mass is 31.2. The molecule has 0 amide bonds. The van der Waals surface area contributed by atoms with Crippen LogP contribution in [0.4, 0.5) is 0 Å². The lowest BCUT2D eigenvalue weighted by Crippen LogP contribution is -2.29. The van der Waals surface area contributed by atoms with Crippen LogP contribution >= 0.6 is 15.6 Å². The predicted molar refractivity (Wildman–Crippen MR) is 68.4 cm³/mol. The maximum Gasteiger partial charge on any atom is 0.473 e. The summed E-state index contributed by atoms with van der Waals surface area (Å²) in [6.07, 6.45) is -0.0976. The van der Waals surface area contributed by atoms with Gasteiger partial charge in [-0.3, -0.25) is 13.6 Å². The van der Waals surface area contributed by atoms with Crippen molar-refractivity contribution in [1.82, 2.24) is 0 Å². The third-order valence-corrected chi connectivity index (χ3v) is 4.43. The molecule has 0 aromatic heterocycles. The summed E-state index contributed by atoms with van der Waals surface area (Å²) in [5, 5.41) is 0. The molecule has 0 spiro atoms. The van der Waals surface area contributed by atoms with Gasteiger partial charge in [-0.25, -0.2) is 9.13 Å². The van der Waals surface area contributed by atoms with E-state index in [2.05, 4.69) is 9.05 Å².